The van der Waals surface area contributed by atoms with Crippen molar-refractivity contribution in [2.75, 3.05) is 13.1 Å². The maximum Gasteiger partial charge on any atom is 0.0403 e. The topological polar surface area (TPSA) is 27.6 Å². The summed E-state index contributed by atoms with van der Waals surface area (Å²) in [5.41, 5.74) is 6.45. The van der Waals surface area contributed by atoms with E-state index in [9.17, 15) is 0 Å². The number of rotatable bonds is 7. The number of allylic oxidation sites excluding steroid dienone is 3. The van der Waals surface area contributed by atoms with E-state index in [2.05, 4.69) is 87.3 Å². The van der Waals surface area contributed by atoms with Gasteiger partial charge in [0.25, 0.3) is 0 Å². The lowest BCUT2D eigenvalue weighted by atomic mass is 9.90. The molecule has 3 nitrogen and oxygen atoms in total. The van der Waals surface area contributed by atoms with Crippen LogP contribution in [0.3, 0.4) is 0 Å². The van der Waals surface area contributed by atoms with Gasteiger partial charge >= 0.3 is 0 Å². The van der Waals surface area contributed by atoms with Crippen molar-refractivity contribution in [2.45, 2.75) is 81.7 Å². The van der Waals surface area contributed by atoms with E-state index in [1.165, 1.54) is 41.9 Å². The second-order valence-corrected chi connectivity index (χ2v) is 9.52. The molecule has 0 bridgehead atoms. The Balaban J connectivity index is 0.000000574. The van der Waals surface area contributed by atoms with Gasteiger partial charge in [-0.25, -0.2) is 0 Å². The van der Waals surface area contributed by atoms with E-state index in [0.717, 1.165) is 24.6 Å². The van der Waals surface area contributed by atoms with E-state index in [0.29, 0.717) is 5.41 Å². The Kier molecular flexibility index (Phi) is 14.4. The van der Waals surface area contributed by atoms with Crippen LogP contribution in [0.15, 0.2) is 60.0 Å². The molecule has 1 heterocycles. The molecule has 0 saturated carbocycles. The predicted molar refractivity (Wildman–Crippen MR) is 146 cm³/mol. The van der Waals surface area contributed by atoms with Crippen molar-refractivity contribution in [3.8, 4) is 0 Å². The van der Waals surface area contributed by atoms with Gasteiger partial charge in [0.2, 0.25) is 0 Å². The smallest absolute Gasteiger partial charge is 0.0403 e. The zero-order chi connectivity index (χ0) is 24.7. The van der Waals surface area contributed by atoms with Gasteiger partial charge in [-0.15, -0.1) is 0 Å². The molecular weight excluding hydrogens is 390 g/mol. The fourth-order valence-corrected chi connectivity index (χ4v) is 3.51. The Morgan fingerprint density at radius 1 is 1.19 bits per heavy atom. The monoisotopic (exact) mass is 439 g/mol. The number of hydrogen-bond acceptors (Lipinski definition) is 3. The van der Waals surface area contributed by atoms with Gasteiger partial charge in [0.15, 0.2) is 0 Å². The number of aliphatic imine (C=N–C) groups is 1. The van der Waals surface area contributed by atoms with E-state index < -0.39 is 0 Å². The van der Waals surface area contributed by atoms with Crippen LogP contribution in [-0.2, 0) is 6.54 Å². The predicted octanol–water partition coefficient (Wildman–Crippen LogP) is 8.07. The van der Waals surface area contributed by atoms with Crippen LogP contribution in [0.4, 0.5) is 0 Å². The minimum Gasteiger partial charge on any atom is -0.387 e. The van der Waals surface area contributed by atoms with Gasteiger partial charge in [-0.2, -0.15) is 0 Å². The van der Waals surface area contributed by atoms with Crippen molar-refractivity contribution < 1.29 is 0 Å². The summed E-state index contributed by atoms with van der Waals surface area (Å²) in [6.45, 7) is 30.3. The fourth-order valence-electron chi connectivity index (χ4n) is 3.51. The molecule has 1 atom stereocenters. The van der Waals surface area contributed by atoms with Crippen LogP contribution in [0, 0.1) is 11.3 Å². The second-order valence-electron chi connectivity index (χ2n) is 9.52. The SMILES string of the molecule is C=C(CC(C)(C)C)N1CCC(C)C1.C=CNCc1ccc(/C(C)=C(\C)N=CC)cc1.CC. The van der Waals surface area contributed by atoms with E-state index in [-0.39, 0.29) is 0 Å². The number of benzene rings is 1. The Hall–Kier alpha value is -2.29. The lowest BCUT2D eigenvalue weighted by Gasteiger charge is -2.27. The normalized spacial score (nSPS) is 16.4. The summed E-state index contributed by atoms with van der Waals surface area (Å²) >= 11 is 0. The zero-order valence-electron chi connectivity index (χ0n) is 22.4. The van der Waals surface area contributed by atoms with Crippen LogP contribution >= 0.6 is 0 Å². The minimum absolute atomic E-state index is 0.378. The summed E-state index contributed by atoms with van der Waals surface area (Å²) in [6, 6.07) is 8.50. The molecule has 1 unspecified atom stereocenters. The molecule has 1 saturated heterocycles. The van der Waals surface area contributed by atoms with Crippen LogP contribution in [-0.4, -0.2) is 24.2 Å². The molecule has 0 amide bonds. The van der Waals surface area contributed by atoms with Gasteiger partial charge in [0.05, 0.1) is 0 Å². The quantitative estimate of drug-likeness (QED) is 0.435. The van der Waals surface area contributed by atoms with Crippen molar-refractivity contribution in [1.82, 2.24) is 10.2 Å². The molecule has 3 heteroatoms. The van der Waals surface area contributed by atoms with Gasteiger partial charge in [-0.3, -0.25) is 4.99 Å². The largest absolute Gasteiger partial charge is 0.387 e. The molecule has 32 heavy (non-hydrogen) atoms. The highest BCUT2D eigenvalue weighted by Crippen LogP contribution is 2.28. The number of nitrogens with zero attached hydrogens (tertiary/aromatic N) is 2. The van der Waals surface area contributed by atoms with Gasteiger partial charge < -0.3 is 10.2 Å². The molecule has 0 radical (unpaired) electrons. The molecule has 2 rings (SSSR count). The maximum absolute atomic E-state index is 4.30. The first-order valence-electron chi connectivity index (χ1n) is 12.1. The van der Waals surface area contributed by atoms with Crippen molar-refractivity contribution in [3.63, 3.8) is 0 Å². The highest BCUT2D eigenvalue weighted by atomic mass is 15.2. The standard InChI is InChI=1S/C15H20N2.C12H23N.C2H6/c1-5-16-11-14-7-9-15(10-8-14)12(3)13(4)17-6-2;1-10-6-7-13(9-10)11(2)8-12(3,4)5;1-2/h5-10,16H,1,11H2,2-4H3;10H,2,6-9H2,1,3-5H3;1-2H3/b13-12+,17-6?;;. The Labute approximate surface area is 199 Å². The Bertz CT molecular complexity index is 733. The summed E-state index contributed by atoms with van der Waals surface area (Å²) in [4.78, 5) is 6.76. The molecule has 0 spiro atoms. The Morgan fingerprint density at radius 3 is 2.22 bits per heavy atom. The number of likely N-dealkylation sites (tertiary alicyclic amines) is 1. The molecule has 1 aliphatic rings. The minimum atomic E-state index is 0.378. The molecule has 1 aromatic rings. The summed E-state index contributed by atoms with van der Waals surface area (Å²) in [5, 5.41) is 3.08. The highest BCUT2D eigenvalue weighted by Gasteiger charge is 2.22. The third-order valence-corrected chi connectivity index (χ3v) is 5.31. The van der Waals surface area contributed by atoms with E-state index in [1.54, 1.807) is 6.20 Å². The van der Waals surface area contributed by atoms with E-state index >= 15 is 0 Å². The third-order valence-electron chi connectivity index (χ3n) is 5.31. The first-order chi connectivity index (χ1) is 15.1. The summed E-state index contributed by atoms with van der Waals surface area (Å²) < 4.78 is 0. The maximum atomic E-state index is 4.30. The zero-order valence-corrected chi connectivity index (χ0v) is 22.4. The van der Waals surface area contributed by atoms with Crippen LogP contribution in [0.5, 0.6) is 0 Å². The van der Waals surface area contributed by atoms with Crippen LogP contribution in [0.2, 0.25) is 0 Å². The van der Waals surface area contributed by atoms with Crippen molar-refractivity contribution >= 4 is 11.8 Å². The van der Waals surface area contributed by atoms with Crippen LogP contribution < -0.4 is 5.32 Å². The number of hydrogen-bond donors (Lipinski definition) is 1. The second kappa shape index (κ2) is 15.5. The molecule has 180 valence electrons. The Morgan fingerprint density at radius 2 is 1.78 bits per heavy atom. The van der Waals surface area contributed by atoms with Crippen LogP contribution in [0.1, 0.15) is 86.3 Å². The lowest BCUT2D eigenvalue weighted by molar-refractivity contribution is 0.324. The van der Waals surface area contributed by atoms with Crippen molar-refractivity contribution in [3.05, 3.63) is 66.1 Å². The summed E-state index contributed by atoms with van der Waals surface area (Å²) in [6.07, 6.45) is 5.99. The van der Waals surface area contributed by atoms with Crippen molar-refractivity contribution in [2.24, 2.45) is 16.3 Å². The van der Waals surface area contributed by atoms with Gasteiger partial charge in [-0.1, -0.05) is 79.0 Å². The van der Waals surface area contributed by atoms with E-state index in [4.69, 9.17) is 0 Å². The molecule has 0 aliphatic carbocycles. The first-order valence-corrected chi connectivity index (χ1v) is 12.1. The molecule has 0 aromatic heterocycles. The van der Waals surface area contributed by atoms with E-state index in [1.807, 2.05) is 33.9 Å². The average Bonchev–Trinajstić information content (AvgIpc) is 3.19. The fraction of sp³-hybridized carbons (Fsp3) is 0.552. The van der Waals surface area contributed by atoms with Gasteiger partial charge in [-0.05, 0) is 67.8 Å². The lowest BCUT2D eigenvalue weighted by Crippen LogP contribution is -2.22. The highest BCUT2D eigenvalue weighted by molar-refractivity contribution is 5.69. The number of nitrogens with one attached hydrogen (secondary N) is 1. The molecule has 1 aliphatic heterocycles. The van der Waals surface area contributed by atoms with Crippen LogP contribution in [0.25, 0.3) is 5.57 Å². The van der Waals surface area contributed by atoms with Gasteiger partial charge in [0.1, 0.15) is 0 Å². The summed E-state index contributed by atoms with van der Waals surface area (Å²) in [7, 11) is 0. The van der Waals surface area contributed by atoms with Crippen molar-refractivity contribution in [1.29, 1.82) is 0 Å². The van der Waals surface area contributed by atoms with Gasteiger partial charge in [0, 0.05) is 37.2 Å². The first kappa shape index (κ1) is 29.7. The molecule has 1 aromatic carbocycles. The summed E-state index contributed by atoms with van der Waals surface area (Å²) in [5.74, 6) is 0.858. The molecular formula is C29H49N3. The molecule has 1 N–H and O–H groups in total. The third kappa shape index (κ3) is 11.9. The molecule has 1 fully saturated rings. The average molecular weight is 440 g/mol.